The minimum absolute atomic E-state index is 0.0671. The van der Waals surface area contributed by atoms with Gasteiger partial charge in [0.2, 0.25) is 0 Å². The van der Waals surface area contributed by atoms with E-state index in [0.717, 1.165) is 0 Å². The van der Waals surface area contributed by atoms with E-state index in [0.29, 0.717) is 4.69 Å². The van der Waals surface area contributed by atoms with Crippen LogP contribution in [-0.4, -0.2) is 24.6 Å². The second-order valence-corrected chi connectivity index (χ2v) is 2.91. The van der Waals surface area contributed by atoms with Crippen molar-refractivity contribution >= 4 is 19.2 Å². The Labute approximate surface area is 46.5 Å². The number of aromatic nitrogens is 1. The van der Waals surface area contributed by atoms with Crippen LogP contribution >= 0.6 is 0 Å². The Morgan fingerprint density at radius 3 is 2.71 bits per heavy atom. The van der Waals surface area contributed by atoms with Gasteiger partial charge in [-0.15, -0.1) is 0 Å². The molecule has 0 amide bonds. The van der Waals surface area contributed by atoms with Gasteiger partial charge < -0.3 is 0 Å². The number of nitrogens with zero attached hydrogens (tertiary/aromatic N) is 1. The Bertz CT molecular complexity index is 145. The molecule has 1 aromatic heterocycles. The van der Waals surface area contributed by atoms with Crippen LogP contribution < -0.4 is 5.73 Å². The first kappa shape index (κ1) is 4.68. The van der Waals surface area contributed by atoms with E-state index in [1.54, 1.807) is 4.94 Å². The average Bonchev–Trinajstić information content (AvgIpc) is 1.87. The number of hydrogen-bond acceptors (Lipinski definition) is 3. The van der Waals surface area contributed by atoms with Gasteiger partial charge >= 0.3 is 45.8 Å². The fourth-order valence-electron chi connectivity index (χ4n) is 0.279. The van der Waals surface area contributed by atoms with Gasteiger partial charge in [-0.3, -0.25) is 0 Å². The van der Waals surface area contributed by atoms with Crippen LogP contribution in [0.2, 0.25) is 0 Å². The predicted octanol–water partition coefficient (Wildman–Crippen LogP) is -0.574. The SMILES string of the molecule is Nc1nc(O)c[se]1. The van der Waals surface area contributed by atoms with E-state index in [-0.39, 0.29) is 20.4 Å². The van der Waals surface area contributed by atoms with Crippen LogP contribution in [-0.2, 0) is 0 Å². The van der Waals surface area contributed by atoms with E-state index in [2.05, 4.69) is 4.98 Å². The molecule has 0 aliphatic carbocycles. The summed E-state index contributed by atoms with van der Waals surface area (Å²) in [7, 11) is 0. The number of aromatic hydroxyl groups is 1. The molecule has 0 spiro atoms. The van der Waals surface area contributed by atoms with Crippen molar-refractivity contribution in [3.63, 3.8) is 0 Å². The van der Waals surface area contributed by atoms with Gasteiger partial charge in [-0.1, -0.05) is 0 Å². The Morgan fingerprint density at radius 1 is 1.86 bits per heavy atom. The Hall–Kier alpha value is -0.471. The van der Waals surface area contributed by atoms with E-state index in [4.69, 9.17) is 10.8 Å². The molecule has 3 N–H and O–H groups in total. The predicted molar refractivity (Wildman–Crippen MR) is 27.3 cm³/mol. The van der Waals surface area contributed by atoms with Crippen LogP contribution in [0.25, 0.3) is 0 Å². The van der Waals surface area contributed by atoms with Gasteiger partial charge in [0.15, 0.2) is 0 Å². The first-order chi connectivity index (χ1) is 3.29. The summed E-state index contributed by atoms with van der Waals surface area (Å²) in [5.41, 5.74) is 5.19. The van der Waals surface area contributed by atoms with Crippen molar-refractivity contribution in [3.8, 4) is 5.88 Å². The van der Waals surface area contributed by atoms with Gasteiger partial charge in [0, 0.05) is 0 Å². The molecule has 0 saturated heterocycles. The van der Waals surface area contributed by atoms with E-state index >= 15 is 0 Å². The quantitative estimate of drug-likeness (QED) is 0.503. The number of anilines is 1. The summed E-state index contributed by atoms with van der Waals surface area (Å²) in [6, 6.07) is 0. The minimum atomic E-state index is 0.0671. The summed E-state index contributed by atoms with van der Waals surface area (Å²) in [4.78, 5) is 5.16. The van der Waals surface area contributed by atoms with E-state index in [1.165, 1.54) is 0 Å². The third kappa shape index (κ3) is 0.947. The zero-order chi connectivity index (χ0) is 5.28. The summed E-state index contributed by atoms with van der Waals surface area (Å²) in [6.07, 6.45) is 0. The topological polar surface area (TPSA) is 59.1 Å². The fraction of sp³-hybridized carbons (Fsp3) is 0. The van der Waals surface area contributed by atoms with Crippen molar-refractivity contribution in [1.82, 2.24) is 4.98 Å². The summed E-state index contributed by atoms with van der Waals surface area (Å²) in [5.74, 6) is 0.0671. The second-order valence-electron chi connectivity index (χ2n) is 1.04. The molecule has 1 heterocycles. The standard InChI is InChI=1S/C3H4N2OSe/c4-3-5-2(6)1-7-3/h1,6H,(H2,4,5). The maximum atomic E-state index is 8.51. The molecule has 0 atom stereocenters. The monoisotopic (exact) mass is 164 g/mol. The van der Waals surface area contributed by atoms with Crippen LogP contribution in [0.4, 0.5) is 4.69 Å². The molecule has 1 rings (SSSR count). The number of nitrogens with two attached hydrogens (primary N) is 1. The first-order valence-electron chi connectivity index (χ1n) is 1.69. The van der Waals surface area contributed by atoms with Crippen molar-refractivity contribution in [2.75, 3.05) is 5.73 Å². The third-order valence-corrected chi connectivity index (χ3v) is 1.90. The van der Waals surface area contributed by atoms with Gasteiger partial charge in [-0.25, -0.2) is 0 Å². The molecule has 4 heteroatoms. The normalized spacial score (nSPS) is 9.14. The van der Waals surface area contributed by atoms with Crippen LogP contribution in [0.1, 0.15) is 0 Å². The van der Waals surface area contributed by atoms with Gasteiger partial charge in [-0.2, -0.15) is 0 Å². The van der Waals surface area contributed by atoms with Gasteiger partial charge in [-0.05, 0) is 0 Å². The number of nitrogen functional groups attached to an aromatic ring is 1. The molecule has 0 unspecified atom stereocenters. The molecular weight excluding hydrogens is 159 g/mol. The zero-order valence-electron chi connectivity index (χ0n) is 3.46. The number of hydrogen-bond donors (Lipinski definition) is 2. The molecule has 0 fully saturated rings. The summed E-state index contributed by atoms with van der Waals surface area (Å²) in [5, 5.41) is 8.51. The number of rotatable bonds is 0. The van der Waals surface area contributed by atoms with E-state index in [9.17, 15) is 0 Å². The molecule has 0 radical (unpaired) electrons. The molecule has 38 valence electrons. The first-order valence-corrected chi connectivity index (χ1v) is 3.53. The van der Waals surface area contributed by atoms with Crippen molar-refractivity contribution in [3.05, 3.63) is 4.94 Å². The van der Waals surface area contributed by atoms with Crippen molar-refractivity contribution in [2.45, 2.75) is 0 Å². The van der Waals surface area contributed by atoms with Crippen LogP contribution in [0.15, 0.2) is 4.94 Å². The van der Waals surface area contributed by atoms with Crippen LogP contribution in [0.3, 0.4) is 0 Å². The molecule has 0 aliphatic rings. The van der Waals surface area contributed by atoms with Gasteiger partial charge in [0.1, 0.15) is 0 Å². The molecular formula is C3H4N2OSe. The molecule has 0 saturated carbocycles. The van der Waals surface area contributed by atoms with Crippen LogP contribution in [0.5, 0.6) is 5.88 Å². The Balaban J connectivity index is 3.04. The van der Waals surface area contributed by atoms with Crippen molar-refractivity contribution < 1.29 is 5.11 Å². The Kier molecular flexibility index (Phi) is 1.04. The molecule has 0 aliphatic heterocycles. The summed E-state index contributed by atoms with van der Waals surface area (Å²) in [6.45, 7) is 0. The van der Waals surface area contributed by atoms with Crippen molar-refractivity contribution in [2.24, 2.45) is 0 Å². The summed E-state index contributed by atoms with van der Waals surface area (Å²) >= 11 is 0.115. The van der Waals surface area contributed by atoms with Gasteiger partial charge in [0.25, 0.3) is 0 Å². The summed E-state index contributed by atoms with van der Waals surface area (Å²) < 4.78 is 0.546. The third-order valence-electron chi connectivity index (χ3n) is 0.510. The fourth-order valence-corrected chi connectivity index (χ4v) is 1.17. The molecule has 1 aromatic rings. The Morgan fingerprint density at radius 2 is 2.57 bits per heavy atom. The molecule has 0 aromatic carbocycles. The van der Waals surface area contributed by atoms with Gasteiger partial charge in [0.05, 0.1) is 0 Å². The average molecular weight is 163 g/mol. The maximum absolute atomic E-state index is 8.51. The van der Waals surface area contributed by atoms with Crippen molar-refractivity contribution in [1.29, 1.82) is 0 Å². The van der Waals surface area contributed by atoms with Crippen LogP contribution in [0, 0.1) is 0 Å². The molecule has 3 nitrogen and oxygen atoms in total. The zero-order valence-corrected chi connectivity index (χ0v) is 5.17. The van der Waals surface area contributed by atoms with E-state index < -0.39 is 0 Å². The second kappa shape index (κ2) is 1.56. The molecule has 7 heavy (non-hydrogen) atoms. The van der Waals surface area contributed by atoms with E-state index in [1.807, 2.05) is 0 Å². The molecule has 0 bridgehead atoms.